The normalized spacial score (nSPS) is 17.3. The third kappa shape index (κ3) is 13.7. The Kier molecular flexibility index (Phi) is 15.9. The first-order chi connectivity index (χ1) is 14.2. The molecule has 29 heavy (non-hydrogen) atoms. The second-order valence-corrected chi connectivity index (χ2v) is 8.97. The molecule has 1 unspecified atom stereocenters. The van der Waals surface area contributed by atoms with E-state index in [-0.39, 0.29) is 11.9 Å². The van der Waals surface area contributed by atoms with Crippen LogP contribution in [0.15, 0.2) is 0 Å². The maximum absolute atomic E-state index is 12.2. The van der Waals surface area contributed by atoms with Crippen LogP contribution >= 0.6 is 0 Å². The summed E-state index contributed by atoms with van der Waals surface area (Å²) in [7, 11) is 0. The van der Waals surface area contributed by atoms with Gasteiger partial charge < -0.3 is 10.1 Å². The van der Waals surface area contributed by atoms with Gasteiger partial charge in [-0.2, -0.15) is 0 Å². The van der Waals surface area contributed by atoms with Crippen LogP contribution in [0.2, 0.25) is 0 Å². The minimum atomic E-state index is -0.416. The molecule has 0 aromatic rings. The van der Waals surface area contributed by atoms with Gasteiger partial charge in [0.25, 0.3) is 0 Å². The van der Waals surface area contributed by atoms with E-state index in [1.165, 1.54) is 89.9 Å². The summed E-state index contributed by atoms with van der Waals surface area (Å²) in [6.07, 6.45) is 21.8. The first-order valence-electron chi connectivity index (χ1n) is 12.6. The lowest BCUT2D eigenvalue weighted by atomic mass is 9.94. The Morgan fingerprint density at radius 1 is 0.862 bits per heavy atom. The number of nitrogens with one attached hydrogen (secondary N) is 1. The first-order valence-corrected chi connectivity index (χ1v) is 12.6. The van der Waals surface area contributed by atoms with E-state index >= 15 is 0 Å². The van der Waals surface area contributed by atoms with Crippen molar-refractivity contribution in [2.45, 2.75) is 135 Å². The zero-order chi connectivity index (χ0) is 21.2. The molecular weight excluding hydrogens is 362 g/mol. The second-order valence-electron chi connectivity index (χ2n) is 8.97. The molecule has 1 aliphatic rings. The first kappa shape index (κ1) is 26.0. The molecule has 1 rings (SSSR count). The van der Waals surface area contributed by atoms with Crippen molar-refractivity contribution in [3.63, 3.8) is 0 Å². The number of esters is 1. The number of hydrogen-bond donors (Lipinski definition) is 1. The van der Waals surface area contributed by atoms with Gasteiger partial charge in [-0.05, 0) is 25.2 Å². The smallest absolute Gasteiger partial charge is 0.328 e. The van der Waals surface area contributed by atoms with Gasteiger partial charge >= 0.3 is 5.97 Å². The molecule has 0 saturated carbocycles. The lowest BCUT2D eigenvalue weighted by Crippen LogP contribution is -2.35. The molecule has 0 aliphatic carbocycles. The summed E-state index contributed by atoms with van der Waals surface area (Å²) in [5, 5.41) is 2.72. The van der Waals surface area contributed by atoms with Gasteiger partial charge in [0, 0.05) is 6.42 Å². The molecule has 1 aliphatic heterocycles. The van der Waals surface area contributed by atoms with E-state index in [4.69, 9.17) is 4.74 Å². The topological polar surface area (TPSA) is 55.4 Å². The van der Waals surface area contributed by atoms with Gasteiger partial charge in [-0.3, -0.25) is 4.79 Å². The van der Waals surface area contributed by atoms with Crippen LogP contribution in [0.1, 0.15) is 129 Å². The van der Waals surface area contributed by atoms with Crippen LogP contribution in [-0.2, 0) is 14.3 Å². The summed E-state index contributed by atoms with van der Waals surface area (Å²) in [6, 6.07) is -0.416. The number of carbonyl (C=O) groups is 2. The van der Waals surface area contributed by atoms with E-state index in [0.29, 0.717) is 25.4 Å². The van der Waals surface area contributed by atoms with E-state index in [9.17, 15) is 9.59 Å². The zero-order valence-electron chi connectivity index (χ0n) is 19.3. The summed E-state index contributed by atoms with van der Waals surface area (Å²) >= 11 is 0. The molecule has 1 N–H and O–H groups in total. The SMILES string of the molecule is CCCCCCCCCCC(CCCCCCCC)COC(=O)[C@@H]1CCC(=O)N1. The number of ether oxygens (including phenoxy) is 1. The van der Waals surface area contributed by atoms with Gasteiger partial charge in [-0.25, -0.2) is 4.79 Å². The summed E-state index contributed by atoms with van der Waals surface area (Å²) in [5.74, 6) is 0.205. The van der Waals surface area contributed by atoms with Crippen molar-refractivity contribution in [2.24, 2.45) is 5.92 Å². The Labute approximate surface area is 179 Å². The van der Waals surface area contributed by atoms with Gasteiger partial charge in [0.2, 0.25) is 5.91 Å². The van der Waals surface area contributed by atoms with Crippen LogP contribution < -0.4 is 5.32 Å². The van der Waals surface area contributed by atoms with E-state index in [1.807, 2.05) is 0 Å². The Morgan fingerprint density at radius 2 is 1.34 bits per heavy atom. The molecule has 1 saturated heterocycles. The average Bonchev–Trinajstić information content (AvgIpc) is 3.16. The van der Waals surface area contributed by atoms with Crippen LogP contribution in [0, 0.1) is 5.92 Å². The van der Waals surface area contributed by atoms with Crippen molar-refractivity contribution in [1.29, 1.82) is 0 Å². The summed E-state index contributed by atoms with van der Waals surface area (Å²) in [5.41, 5.74) is 0. The quantitative estimate of drug-likeness (QED) is 0.191. The van der Waals surface area contributed by atoms with Gasteiger partial charge in [-0.15, -0.1) is 0 Å². The fourth-order valence-corrected chi connectivity index (χ4v) is 4.18. The molecule has 0 aromatic heterocycles. The fraction of sp³-hybridized carbons (Fsp3) is 0.920. The molecule has 1 fully saturated rings. The van der Waals surface area contributed by atoms with Crippen molar-refractivity contribution in [3.05, 3.63) is 0 Å². The highest BCUT2D eigenvalue weighted by molar-refractivity contribution is 5.88. The minimum absolute atomic E-state index is 0.0329. The van der Waals surface area contributed by atoms with E-state index < -0.39 is 6.04 Å². The Hall–Kier alpha value is -1.06. The van der Waals surface area contributed by atoms with Crippen LogP contribution in [-0.4, -0.2) is 24.5 Å². The number of amides is 1. The molecule has 2 atom stereocenters. The number of unbranched alkanes of at least 4 members (excludes halogenated alkanes) is 12. The van der Waals surface area contributed by atoms with E-state index in [0.717, 1.165) is 12.8 Å². The minimum Gasteiger partial charge on any atom is -0.464 e. The second kappa shape index (κ2) is 17.8. The molecule has 0 radical (unpaired) electrons. The van der Waals surface area contributed by atoms with Crippen LogP contribution in [0.4, 0.5) is 0 Å². The summed E-state index contributed by atoms with van der Waals surface area (Å²) < 4.78 is 5.60. The molecule has 0 bridgehead atoms. The molecule has 1 heterocycles. The molecule has 0 spiro atoms. The van der Waals surface area contributed by atoms with Crippen molar-refractivity contribution in [2.75, 3.05) is 6.61 Å². The van der Waals surface area contributed by atoms with Crippen molar-refractivity contribution in [3.8, 4) is 0 Å². The van der Waals surface area contributed by atoms with Gasteiger partial charge in [0.15, 0.2) is 0 Å². The molecular formula is C25H47NO3. The van der Waals surface area contributed by atoms with Crippen LogP contribution in [0.5, 0.6) is 0 Å². The maximum Gasteiger partial charge on any atom is 0.328 e. The Balaban J connectivity index is 2.22. The van der Waals surface area contributed by atoms with Crippen molar-refractivity contribution in [1.82, 2.24) is 5.32 Å². The van der Waals surface area contributed by atoms with Gasteiger partial charge in [-0.1, -0.05) is 104 Å². The zero-order valence-corrected chi connectivity index (χ0v) is 19.3. The maximum atomic E-state index is 12.2. The van der Waals surface area contributed by atoms with Crippen LogP contribution in [0.3, 0.4) is 0 Å². The third-order valence-electron chi connectivity index (χ3n) is 6.17. The van der Waals surface area contributed by atoms with Gasteiger partial charge in [0.05, 0.1) is 6.61 Å². The highest BCUT2D eigenvalue weighted by Gasteiger charge is 2.28. The van der Waals surface area contributed by atoms with Crippen molar-refractivity contribution < 1.29 is 14.3 Å². The number of carbonyl (C=O) groups excluding carboxylic acids is 2. The predicted molar refractivity (Wildman–Crippen MR) is 121 cm³/mol. The molecule has 0 aromatic carbocycles. The van der Waals surface area contributed by atoms with Crippen LogP contribution in [0.25, 0.3) is 0 Å². The monoisotopic (exact) mass is 409 g/mol. The lowest BCUT2D eigenvalue weighted by Gasteiger charge is -2.18. The molecule has 4 nitrogen and oxygen atoms in total. The highest BCUT2D eigenvalue weighted by Crippen LogP contribution is 2.20. The van der Waals surface area contributed by atoms with E-state index in [2.05, 4.69) is 19.2 Å². The largest absolute Gasteiger partial charge is 0.464 e. The third-order valence-corrected chi connectivity index (χ3v) is 6.17. The Bertz CT molecular complexity index is 424. The number of rotatable bonds is 19. The van der Waals surface area contributed by atoms with E-state index in [1.54, 1.807) is 0 Å². The average molecular weight is 410 g/mol. The predicted octanol–water partition coefficient (Wildman–Crippen LogP) is 6.71. The van der Waals surface area contributed by atoms with Crippen molar-refractivity contribution >= 4 is 11.9 Å². The number of hydrogen-bond acceptors (Lipinski definition) is 3. The summed E-state index contributed by atoms with van der Waals surface area (Å²) in [6.45, 7) is 5.04. The molecule has 170 valence electrons. The lowest BCUT2D eigenvalue weighted by molar-refractivity contribution is -0.148. The molecule has 1 amide bonds. The Morgan fingerprint density at radius 3 is 1.79 bits per heavy atom. The highest BCUT2D eigenvalue weighted by atomic mass is 16.5. The fourth-order valence-electron chi connectivity index (χ4n) is 4.18. The molecule has 4 heteroatoms. The van der Waals surface area contributed by atoms with Gasteiger partial charge in [0.1, 0.15) is 6.04 Å². The standard InChI is InChI=1S/C25H47NO3/c1-3-5-7-9-11-12-14-16-18-22(17-15-13-10-8-6-4-2)21-29-25(28)23-19-20-24(27)26-23/h22-23H,3-21H2,1-2H3,(H,26,27)/t22?,23-/m0/s1. The summed E-state index contributed by atoms with van der Waals surface area (Å²) in [4.78, 5) is 23.5.